The van der Waals surface area contributed by atoms with Crippen LogP contribution in [0.3, 0.4) is 0 Å². The first-order valence-corrected chi connectivity index (χ1v) is 6.15. The molecule has 1 aromatic rings. The Kier molecular flexibility index (Phi) is 5.96. The first-order chi connectivity index (χ1) is 9.04. The fourth-order valence-corrected chi connectivity index (χ4v) is 1.50. The Labute approximate surface area is 112 Å². The summed E-state index contributed by atoms with van der Waals surface area (Å²) >= 11 is 0. The molecule has 1 atom stereocenters. The Balaban J connectivity index is 2.42. The predicted octanol–water partition coefficient (Wildman–Crippen LogP) is 2.16. The zero-order valence-electron chi connectivity index (χ0n) is 11.0. The van der Waals surface area contributed by atoms with Gasteiger partial charge in [-0.2, -0.15) is 0 Å². The second kappa shape index (κ2) is 7.48. The molecule has 1 unspecified atom stereocenters. The molecule has 19 heavy (non-hydrogen) atoms. The normalized spacial score (nSPS) is 11.7. The van der Waals surface area contributed by atoms with E-state index in [2.05, 4.69) is 6.58 Å². The van der Waals surface area contributed by atoms with Crippen molar-refractivity contribution in [2.45, 2.75) is 25.9 Å². The maximum absolute atomic E-state index is 11.5. The van der Waals surface area contributed by atoms with Crippen LogP contribution in [0.5, 0.6) is 5.75 Å². The van der Waals surface area contributed by atoms with E-state index in [9.17, 15) is 14.7 Å². The molecule has 102 valence electrons. The molecule has 0 aliphatic carbocycles. The molecule has 0 bridgehead atoms. The third kappa shape index (κ3) is 5.06. The molecule has 0 fully saturated rings. The van der Waals surface area contributed by atoms with Gasteiger partial charge in [0.1, 0.15) is 11.9 Å². The summed E-state index contributed by atoms with van der Waals surface area (Å²) in [5.74, 6) is 0.317. The third-order valence-corrected chi connectivity index (χ3v) is 2.58. The third-order valence-electron chi connectivity index (χ3n) is 2.58. The molecule has 1 N–H and O–H groups in total. The van der Waals surface area contributed by atoms with E-state index < -0.39 is 6.10 Å². The van der Waals surface area contributed by atoms with Crippen molar-refractivity contribution in [1.29, 1.82) is 0 Å². The van der Waals surface area contributed by atoms with Crippen molar-refractivity contribution in [1.82, 2.24) is 0 Å². The zero-order valence-corrected chi connectivity index (χ0v) is 11.0. The van der Waals surface area contributed by atoms with Gasteiger partial charge in [0.05, 0.1) is 6.61 Å². The van der Waals surface area contributed by atoms with Crippen LogP contribution in [0.25, 0.3) is 0 Å². The molecule has 4 heteroatoms. The lowest BCUT2D eigenvalue weighted by molar-refractivity contribution is -0.114. The summed E-state index contributed by atoms with van der Waals surface area (Å²) in [6.07, 6.45) is 1.34. The van der Waals surface area contributed by atoms with Crippen molar-refractivity contribution in [3.05, 3.63) is 42.5 Å². The number of hydrogen-bond acceptors (Lipinski definition) is 4. The van der Waals surface area contributed by atoms with Crippen LogP contribution in [0.1, 0.15) is 30.1 Å². The summed E-state index contributed by atoms with van der Waals surface area (Å²) in [7, 11) is 0. The van der Waals surface area contributed by atoms with Gasteiger partial charge in [0.2, 0.25) is 0 Å². The highest BCUT2D eigenvalue weighted by Crippen LogP contribution is 2.14. The van der Waals surface area contributed by atoms with Crippen molar-refractivity contribution in [3.63, 3.8) is 0 Å². The summed E-state index contributed by atoms with van der Waals surface area (Å²) in [6.45, 7) is 5.26. The van der Waals surface area contributed by atoms with Gasteiger partial charge in [-0.15, -0.1) is 0 Å². The first-order valence-electron chi connectivity index (χ1n) is 6.15. The summed E-state index contributed by atoms with van der Waals surface area (Å²) in [6, 6.07) is 6.56. The SMILES string of the molecule is C=CC(=O)CCCOc1ccc(C(=O)C(C)O)cc1. The molecule has 0 aliphatic heterocycles. The van der Waals surface area contributed by atoms with Gasteiger partial charge in [0.25, 0.3) is 0 Å². The minimum Gasteiger partial charge on any atom is -0.494 e. The number of ether oxygens (including phenoxy) is 1. The molecule has 0 aromatic heterocycles. The number of benzene rings is 1. The molecule has 0 radical (unpaired) electrons. The summed E-state index contributed by atoms with van der Waals surface area (Å²) in [4.78, 5) is 22.5. The molecule has 1 aromatic carbocycles. The number of ketones is 2. The van der Waals surface area contributed by atoms with Crippen molar-refractivity contribution in [2.24, 2.45) is 0 Å². The van der Waals surface area contributed by atoms with E-state index in [4.69, 9.17) is 4.74 Å². The lowest BCUT2D eigenvalue weighted by Gasteiger charge is -2.07. The highest BCUT2D eigenvalue weighted by atomic mass is 16.5. The molecule has 0 saturated carbocycles. The van der Waals surface area contributed by atoms with E-state index in [-0.39, 0.29) is 11.6 Å². The Morgan fingerprint density at radius 1 is 1.37 bits per heavy atom. The highest BCUT2D eigenvalue weighted by Gasteiger charge is 2.11. The fraction of sp³-hybridized carbons (Fsp3) is 0.333. The Bertz CT molecular complexity index is 446. The van der Waals surface area contributed by atoms with E-state index >= 15 is 0 Å². The van der Waals surface area contributed by atoms with Crippen molar-refractivity contribution in [2.75, 3.05) is 6.61 Å². The minimum absolute atomic E-state index is 0.00137. The number of rotatable bonds is 8. The zero-order chi connectivity index (χ0) is 14.3. The van der Waals surface area contributed by atoms with E-state index in [0.29, 0.717) is 30.8 Å². The Hall–Kier alpha value is -1.94. The van der Waals surface area contributed by atoms with Crippen LogP contribution in [0.15, 0.2) is 36.9 Å². The largest absolute Gasteiger partial charge is 0.494 e. The molecule has 1 rings (SSSR count). The summed E-state index contributed by atoms with van der Waals surface area (Å²) in [5, 5.41) is 9.17. The number of aliphatic hydroxyl groups is 1. The number of Topliss-reactive ketones (excluding diaryl/α,β-unsaturated/α-hetero) is 1. The molecule has 4 nitrogen and oxygen atoms in total. The highest BCUT2D eigenvalue weighted by molar-refractivity contribution is 5.99. The van der Waals surface area contributed by atoms with Crippen molar-refractivity contribution in [3.8, 4) is 5.75 Å². The Morgan fingerprint density at radius 3 is 2.53 bits per heavy atom. The number of carbonyl (C=O) groups is 2. The molecular formula is C15H18O4. The topological polar surface area (TPSA) is 63.6 Å². The van der Waals surface area contributed by atoms with Crippen LogP contribution in [-0.2, 0) is 4.79 Å². The second-order valence-electron chi connectivity index (χ2n) is 4.19. The van der Waals surface area contributed by atoms with Crippen LogP contribution in [0, 0.1) is 0 Å². The average molecular weight is 262 g/mol. The lowest BCUT2D eigenvalue weighted by atomic mass is 10.1. The second-order valence-corrected chi connectivity index (χ2v) is 4.19. The molecule has 0 heterocycles. The quantitative estimate of drug-likeness (QED) is 0.443. The van der Waals surface area contributed by atoms with Crippen LogP contribution in [0.2, 0.25) is 0 Å². The standard InChI is InChI=1S/C15H18O4/c1-3-13(17)5-4-10-19-14-8-6-12(7-9-14)15(18)11(2)16/h3,6-9,11,16H,1,4-5,10H2,2H3. The van der Waals surface area contributed by atoms with Crippen LogP contribution >= 0.6 is 0 Å². The first kappa shape index (κ1) is 15.1. The smallest absolute Gasteiger partial charge is 0.190 e. The van der Waals surface area contributed by atoms with E-state index in [1.807, 2.05) is 0 Å². The molecule has 0 spiro atoms. The van der Waals surface area contributed by atoms with Crippen molar-refractivity contribution < 1.29 is 19.4 Å². The maximum Gasteiger partial charge on any atom is 0.190 e. The van der Waals surface area contributed by atoms with Gasteiger partial charge in [0, 0.05) is 12.0 Å². The molecule has 0 aliphatic rings. The van der Waals surface area contributed by atoms with Gasteiger partial charge in [-0.3, -0.25) is 9.59 Å². The van der Waals surface area contributed by atoms with E-state index in [0.717, 1.165) is 0 Å². The van der Waals surface area contributed by atoms with Gasteiger partial charge in [-0.05, 0) is 43.7 Å². The molecule has 0 amide bonds. The number of hydrogen-bond donors (Lipinski definition) is 1. The Morgan fingerprint density at radius 2 is 2.00 bits per heavy atom. The average Bonchev–Trinajstić information content (AvgIpc) is 2.43. The lowest BCUT2D eigenvalue weighted by Crippen LogP contribution is -2.15. The van der Waals surface area contributed by atoms with Gasteiger partial charge >= 0.3 is 0 Å². The van der Waals surface area contributed by atoms with Crippen LogP contribution in [-0.4, -0.2) is 29.4 Å². The maximum atomic E-state index is 11.5. The van der Waals surface area contributed by atoms with E-state index in [1.54, 1.807) is 24.3 Å². The van der Waals surface area contributed by atoms with Crippen LogP contribution < -0.4 is 4.74 Å². The fourth-order valence-electron chi connectivity index (χ4n) is 1.50. The van der Waals surface area contributed by atoms with Crippen LogP contribution in [0.4, 0.5) is 0 Å². The number of carbonyl (C=O) groups excluding carboxylic acids is 2. The number of allylic oxidation sites excluding steroid dienone is 1. The molecular weight excluding hydrogens is 244 g/mol. The van der Waals surface area contributed by atoms with Gasteiger partial charge in [0.15, 0.2) is 11.6 Å². The van der Waals surface area contributed by atoms with E-state index in [1.165, 1.54) is 13.0 Å². The monoisotopic (exact) mass is 262 g/mol. The van der Waals surface area contributed by atoms with Gasteiger partial charge < -0.3 is 9.84 Å². The van der Waals surface area contributed by atoms with Gasteiger partial charge in [-0.25, -0.2) is 0 Å². The predicted molar refractivity (Wildman–Crippen MR) is 72.4 cm³/mol. The molecule has 0 saturated heterocycles. The summed E-state index contributed by atoms with van der Waals surface area (Å²) in [5.41, 5.74) is 0.448. The minimum atomic E-state index is -1.00. The van der Waals surface area contributed by atoms with Gasteiger partial charge in [-0.1, -0.05) is 6.58 Å². The number of aliphatic hydroxyl groups excluding tert-OH is 1. The summed E-state index contributed by atoms with van der Waals surface area (Å²) < 4.78 is 5.44. The van der Waals surface area contributed by atoms with Crippen molar-refractivity contribution >= 4 is 11.6 Å².